The van der Waals surface area contributed by atoms with Gasteiger partial charge in [0.1, 0.15) is 0 Å². The van der Waals surface area contributed by atoms with Crippen molar-refractivity contribution in [1.82, 2.24) is 0 Å². The fourth-order valence-corrected chi connectivity index (χ4v) is 0.988. The van der Waals surface area contributed by atoms with Gasteiger partial charge >= 0.3 is 0 Å². The molecule has 0 aliphatic heterocycles. The molecule has 0 aliphatic carbocycles. The smallest absolute Gasteiger partial charge is 0.160 e. The van der Waals surface area contributed by atoms with Gasteiger partial charge in [-0.05, 0) is 18.2 Å². The molecule has 0 unspecified atom stereocenters. The average Bonchev–Trinajstić information content (AvgIpc) is 2.15. The Morgan fingerprint density at radius 2 is 2.31 bits per heavy atom. The third kappa shape index (κ3) is 2.60. The number of phenolic OH excluding ortho intramolecular Hbond substituents is 1. The van der Waals surface area contributed by atoms with Crippen LogP contribution in [0.2, 0.25) is 0 Å². The standard InChI is InChI=1S/C10H10O2S/c1-12-10-5-4-8(3-2-6-13)7-9(10)11/h4-5,7,11,13H,6H2,1H3. The van der Waals surface area contributed by atoms with Crippen LogP contribution in [0.1, 0.15) is 5.56 Å². The van der Waals surface area contributed by atoms with Crippen molar-refractivity contribution in [2.24, 2.45) is 0 Å². The van der Waals surface area contributed by atoms with E-state index in [1.165, 1.54) is 7.11 Å². The maximum absolute atomic E-state index is 9.38. The summed E-state index contributed by atoms with van der Waals surface area (Å²) in [6.07, 6.45) is 0. The van der Waals surface area contributed by atoms with Crippen molar-refractivity contribution in [2.45, 2.75) is 0 Å². The van der Waals surface area contributed by atoms with Crippen LogP contribution in [0.25, 0.3) is 0 Å². The van der Waals surface area contributed by atoms with Crippen LogP contribution in [0.4, 0.5) is 0 Å². The van der Waals surface area contributed by atoms with Crippen LogP contribution in [0.15, 0.2) is 18.2 Å². The summed E-state index contributed by atoms with van der Waals surface area (Å²) >= 11 is 3.95. The van der Waals surface area contributed by atoms with Gasteiger partial charge < -0.3 is 9.84 Å². The molecule has 0 aromatic heterocycles. The molecule has 1 N–H and O–H groups in total. The van der Waals surface area contributed by atoms with E-state index in [4.69, 9.17) is 4.74 Å². The number of ether oxygens (including phenoxy) is 1. The molecule has 13 heavy (non-hydrogen) atoms. The molecule has 0 radical (unpaired) electrons. The quantitative estimate of drug-likeness (QED) is 0.526. The molecule has 0 saturated heterocycles. The van der Waals surface area contributed by atoms with Crippen molar-refractivity contribution in [2.75, 3.05) is 12.9 Å². The lowest BCUT2D eigenvalue weighted by Crippen LogP contribution is -1.84. The Morgan fingerprint density at radius 1 is 1.54 bits per heavy atom. The first kappa shape index (κ1) is 9.82. The number of hydrogen-bond acceptors (Lipinski definition) is 3. The maximum atomic E-state index is 9.38. The zero-order valence-electron chi connectivity index (χ0n) is 7.24. The van der Waals surface area contributed by atoms with Crippen LogP contribution >= 0.6 is 12.6 Å². The second kappa shape index (κ2) is 4.68. The predicted molar refractivity (Wildman–Crippen MR) is 55.4 cm³/mol. The Morgan fingerprint density at radius 3 is 2.85 bits per heavy atom. The van der Waals surface area contributed by atoms with Gasteiger partial charge in [0.15, 0.2) is 11.5 Å². The molecule has 0 fully saturated rings. The molecule has 0 spiro atoms. The average molecular weight is 194 g/mol. The van der Waals surface area contributed by atoms with E-state index in [2.05, 4.69) is 24.5 Å². The van der Waals surface area contributed by atoms with Crippen LogP contribution in [-0.4, -0.2) is 18.0 Å². The van der Waals surface area contributed by atoms with Crippen LogP contribution in [-0.2, 0) is 0 Å². The Hall–Kier alpha value is -1.27. The third-order valence-electron chi connectivity index (χ3n) is 1.49. The van der Waals surface area contributed by atoms with Crippen LogP contribution in [0.3, 0.4) is 0 Å². The molecule has 1 aromatic rings. The van der Waals surface area contributed by atoms with E-state index in [1.807, 2.05) is 0 Å². The SMILES string of the molecule is COc1ccc(C#CCS)cc1O. The lowest BCUT2D eigenvalue weighted by Gasteiger charge is -2.01. The number of methoxy groups -OCH3 is 1. The van der Waals surface area contributed by atoms with Crippen molar-refractivity contribution >= 4 is 12.6 Å². The second-order valence-corrected chi connectivity index (χ2v) is 2.66. The fourth-order valence-electron chi connectivity index (χ4n) is 0.909. The Bertz CT molecular complexity index is 350. The summed E-state index contributed by atoms with van der Waals surface area (Å²) in [7, 11) is 1.51. The summed E-state index contributed by atoms with van der Waals surface area (Å²) in [6, 6.07) is 5.03. The minimum atomic E-state index is 0.105. The Kier molecular flexibility index (Phi) is 3.53. The van der Waals surface area contributed by atoms with E-state index < -0.39 is 0 Å². The van der Waals surface area contributed by atoms with Gasteiger partial charge in [0.2, 0.25) is 0 Å². The minimum Gasteiger partial charge on any atom is -0.504 e. The second-order valence-electron chi connectivity index (χ2n) is 2.35. The molecular formula is C10H10O2S. The molecule has 0 bridgehead atoms. The van der Waals surface area contributed by atoms with E-state index >= 15 is 0 Å². The molecule has 3 heteroatoms. The predicted octanol–water partition coefficient (Wildman–Crippen LogP) is 1.68. The van der Waals surface area contributed by atoms with Crippen molar-refractivity contribution in [3.63, 3.8) is 0 Å². The van der Waals surface area contributed by atoms with E-state index in [-0.39, 0.29) is 5.75 Å². The molecule has 0 amide bonds. The highest BCUT2D eigenvalue weighted by Gasteiger charge is 1.99. The first-order valence-electron chi connectivity index (χ1n) is 3.74. The van der Waals surface area contributed by atoms with Crippen molar-refractivity contribution < 1.29 is 9.84 Å². The Balaban J connectivity index is 2.96. The molecule has 1 rings (SSSR count). The van der Waals surface area contributed by atoms with Gasteiger partial charge in [-0.15, -0.1) is 0 Å². The highest BCUT2D eigenvalue weighted by molar-refractivity contribution is 7.80. The minimum absolute atomic E-state index is 0.105. The molecule has 0 heterocycles. The number of thiol groups is 1. The Labute approximate surface area is 83.0 Å². The largest absolute Gasteiger partial charge is 0.504 e. The summed E-state index contributed by atoms with van der Waals surface area (Å²) in [5.41, 5.74) is 0.757. The molecule has 0 saturated carbocycles. The van der Waals surface area contributed by atoms with Gasteiger partial charge in [-0.25, -0.2) is 0 Å². The fraction of sp³-hybridized carbons (Fsp3) is 0.200. The lowest BCUT2D eigenvalue weighted by molar-refractivity contribution is 0.373. The number of hydrogen-bond donors (Lipinski definition) is 2. The zero-order chi connectivity index (χ0) is 9.68. The number of phenols is 1. The molecule has 2 nitrogen and oxygen atoms in total. The van der Waals surface area contributed by atoms with Gasteiger partial charge in [0.25, 0.3) is 0 Å². The van der Waals surface area contributed by atoms with Crippen molar-refractivity contribution in [1.29, 1.82) is 0 Å². The molecule has 0 atom stereocenters. The van der Waals surface area contributed by atoms with E-state index in [0.717, 1.165) is 5.56 Å². The van der Waals surface area contributed by atoms with Gasteiger partial charge in [-0.2, -0.15) is 12.6 Å². The number of aromatic hydroxyl groups is 1. The van der Waals surface area contributed by atoms with E-state index in [1.54, 1.807) is 18.2 Å². The summed E-state index contributed by atoms with van der Waals surface area (Å²) in [4.78, 5) is 0. The normalized spacial score (nSPS) is 8.77. The third-order valence-corrected chi connectivity index (χ3v) is 1.65. The molecule has 0 aliphatic rings. The summed E-state index contributed by atoms with van der Waals surface area (Å²) in [5.74, 6) is 6.70. The van der Waals surface area contributed by atoms with Gasteiger partial charge in [-0.3, -0.25) is 0 Å². The van der Waals surface area contributed by atoms with E-state index in [0.29, 0.717) is 11.5 Å². The van der Waals surface area contributed by atoms with Crippen LogP contribution < -0.4 is 4.74 Å². The monoisotopic (exact) mass is 194 g/mol. The highest BCUT2D eigenvalue weighted by Crippen LogP contribution is 2.25. The first-order chi connectivity index (χ1) is 6.27. The number of benzene rings is 1. The van der Waals surface area contributed by atoms with Crippen molar-refractivity contribution in [3.8, 4) is 23.3 Å². The molecule has 68 valence electrons. The maximum Gasteiger partial charge on any atom is 0.160 e. The van der Waals surface area contributed by atoms with Gasteiger partial charge in [-0.1, -0.05) is 11.8 Å². The van der Waals surface area contributed by atoms with Gasteiger partial charge in [0, 0.05) is 5.56 Å². The first-order valence-corrected chi connectivity index (χ1v) is 4.38. The topological polar surface area (TPSA) is 29.5 Å². The summed E-state index contributed by atoms with van der Waals surface area (Å²) in [6.45, 7) is 0. The van der Waals surface area contributed by atoms with Gasteiger partial charge in [0.05, 0.1) is 12.9 Å². The van der Waals surface area contributed by atoms with Crippen LogP contribution in [0, 0.1) is 11.8 Å². The molecule has 1 aromatic carbocycles. The lowest BCUT2D eigenvalue weighted by atomic mass is 10.2. The molecular weight excluding hydrogens is 184 g/mol. The van der Waals surface area contributed by atoms with E-state index in [9.17, 15) is 5.11 Å². The van der Waals surface area contributed by atoms with Crippen molar-refractivity contribution in [3.05, 3.63) is 23.8 Å². The zero-order valence-corrected chi connectivity index (χ0v) is 8.14. The highest BCUT2D eigenvalue weighted by atomic mass is 32.1. The summed E-state index contributed by atoms with van der Waals surface area (Å²) < 4.78 is 4.89. The summed E-state index contributed by atoms with van der Waals surface area (Å²) in [5, 5.41) is 9.38. The van der Waals surface area contributed by atoms with Crippen LogP contribution in [0.5, 0.6) is 11.5 Å². The number of rotatable bonds is 1.